The highest BCUT2D eigenvalue weighted by Crippen LogP contribution is 2.19. The lowest BCUT2D eigenvalue weighted by molar-refractivity contribution is -0.129. The van der Waals surface area contributed by atoms with Crippen molar-refractivity contribution in [3.05, 3.63) is 71.3 Å². The number of amidine groups is 1. The number of amides is 2. The van der Waals surface area contributed by atoms with Crippen molar-refractivity contribution in [2.24, 2.45) is 11.7 Å². The van der Waals surface area contributed by atoms with Gasteiger partial charge in [-0.1, -0.05) is 54.6 Å². The van der Waals surface area contributed by atoms with Crippen molar-refractivity contribution >= 4 is 17.6 Å². The zero-order valence-corrected chi connectivity index (χ0v) is 17.2. The summed E-state index contributed by atoms with van der Waals surface area (Å²) in [4.78, 5) is 24.9. The molecule has 0 spiro atoms. The molecule has 2 aromatic carbocycles. The van der Waals surface area contributed by atoms with E-state index in [9.17, 15) is 9.59 Å². The molecule has 0 bridgehead atoms. The van der Waals surface area contributed by atoms with E-state index in [-0.39, 0.29) is 23.7 Å². The van der Waals surface area contributed by atoms with E-state index >= 15 is 0 Å². The third-order valence-electron chi connectivity index (χ3n) is 5.39. The Morgan fingerprint density at radius 1 is 1.13 bits per heavy atom. The van der Waals surface area contributed by atoms with Gasteiger partial charge >= 0.3 is 0 Å². The Hall–Kier alpha value is -3.19. The summed E-state index contributed by atoms with van der Waals surface area (Å²) in [6.45, 7) is 2.82. The third kappa shape index (κ3) is 5.90. The molecule has 7 nitrogen and oxygen atoms in total. The maximum Gasteiger partial charge on any atom is 0.242 e. The van der Waals surface area contributed by atoms with Crippen molar-refractivity contribution < 1.29 is 9.59 Å². The van der Waals surface area contributed by atoms with E-state index in [1.165, 1.54) is 5.56 Å². The monoisotopic (exact) mass is 407 g/mol. The van der Waals surface area contributed by atoms with Gasteiger partial charge in [-0.05, 0) is 43.4 Å². The molecule has 3 rings (SSSR count). The first-order valence-electron chi connectivity index (χ1n) is 10.2. The SMILES string of the molecule is C[C@H](NC(=O)C1C[C@H](Cc2ccccc2)CN1)C(=O)NCc1ccc(C(=N)N)cc1. The fourth-order valence-electron chi connectivity index (χ4n) is 3.64. The summed E-state index contributed by atoms with van der Waals surface area (Å²) in [6.07, 6.45) is 1.70. The molecule has 6 N–H and O–H groups in total. The van der Waals surface area contributed by atoms with Crippen LogP contribution < -0.4 is 21.7 Å². The molecule has 0 radical (unpaired) electrons. The van der Waals surface area contributed by atoms with Crippen LogP contribution in [0.3, 0.4) is 0 Å². The number of nitrogens with two attached hydrogens (primary N) is 1. The Morgan fingerprint density at radius 3 is 2.50 bits per heavy atom. The molecule has 158 valence electrons. The Bertz CT molecular complexity index is 882. The minimum absolute atomic E-state index is 0.00782. The molecule has 30 heavy (non-hydrogen) atoms. The van der Waals surface area contributed by atoms with Gasteiger partial charge in [0.25, 0.3) is 0 Å². The Kier molecular flexibility index (Phi) is 7.19. The van der Waals surface area contributed by atoms with Gasteiger partial charge in [-0.25, -0.2) is 0 Å². The molecule has 1 fully saturated rings. The van der Waals surface area contributed by atoms with E-state index in [1.54, 1.807) is 19.1 Å². The van der Waals surface area contributed by atoms with Gasteiger partial charge in [-0.3, -0.25) is 15.0 Å². The van der Waals surface area contributed by atoms with E-state index < -0.39 is 6.04 Å². The molecule has 7 heteroatoms. The molecular formula is C23H29N5O2. The molecule has 0 aliphatic carbocycles. The summed E-state index contributed by atoms with van der Waals surface area (Å²) in [5.74, 6) is 0.0376. The highest BCUT2D eigenvalue weighted by molar-refractivity contribution is 5.95. The van der Waals surface area contributed by atoms with Gasteiger partial charge in [0.2, 0.25) is 11.8 Å². The minimum atomic E-state index is -0.621. The highest BCUT2D eigenvalue weighted by atomic mass is 16.2. The van der Waals surface area contributed by atoms with Gasteiger partial charge in [-0.15, -0.1) is 0 Å². The van der Waals surface area contributed by atoms with Crippen molar-refractivity contribution in [2.75, 3.05) is 6.54 Å². The number of carbonyl (C=O) groups is 2. The standard InChI is InChI=1S/C23H29N5O2/c1-15(22(29)27-13-17-7-9-19(10-8-17)21(24)25)28-23(30)20-12-18(14-26-20)11-16-5-3-2-4-6-16/h2-10,15,18,20,26H,11-14H2,1H3,(H3,24,25)(H,27,29)(H,28,30)/t15-,18-,20?/m0/s1. The lowest BCUT2D eigenvalue weighted by Gasteiger charge is -2.17. The van der Waals surface area contributed by atoms with Crippen LogP contribution in [0.4, 0.5) is 0 Å². The quantitative estimate of drug-likeness (QED) is 0.335. The molecule has 0 saturated carbocycles. The van der Waals surface area contributed by atoms with Crippen LogP contribution >= 0.6 is 0 Å². The predicted octanol–water partition coefficient (Wildman–Crippen LogP) is 1.31. The van der Waals surface area contributed by atoms with Crippen LogP contribution in [0.15, 0.2) is 54.6 Å². The molecule has 1 aliphatic heterocycles. The Morgan fingerprint density at radius 2 is 1.83 bits per heavy atom. The van der Waals surface area contributed by atoms with Crippen LogP contribution in [0.25, 0.3) is 0 Å². The highest BCUT2D eigenvalue weighted by Gasteiger charge is 2.30. The van der Waals surface area contributed by atoms with Crippen LogP contribution in [0.2, 0.25) is 0 Å². The predicted molar refractivity (Wildman–Crippen MR) is 117 cm³/mol. The number of hydrogen-bond acceptors (Lipinski definition) is 4. The number of benzene rings is 2. The van der Waals surface area contributed by atoms with Gasteiger partial charge in [0.05, 0.1) is 6.04 Å². The topological polar surface area (TPSA) is 120 Å². The van der Waals surface area contributed by atoms with Gasteiger partial charge < -0.3 is 21.7 Å². The number of nitrogens with one attached hydrogen (secondary N) is 4. The first-order chi connectivity index (χ1) is 14.4. The molecule has 2 aromatic rings. The van der Waals surface area contributed by atoms with E-state index in [2.05, 4.69) is 28.1 Å². The second-order valence-electron chi connectivity index (χ2n) is 7.81. The smallest absolute Gasteiger partial charge is 0.242 e. The second-order valence-corrected chi connectivity index (χ2v) is 7.81. The van der Waals surface area contributed by atoms with E-state index in [0.29, 0.717) is 18.0 Å². The van der Waals surface area contributed by atoms with Gasteiger partial charge in [0.1, 0.15) is 11.9 Å². The maximum atomic E-state index is 12.5. The third-order valence-corrected chi connectivity index (χ3v) is 5.39. The molecule has 3 atom stereocenters. The number of nitrogen functional groups attached to an aromatic ring is 1. The number of rotatable bonds is 8. The Labute approximate surface area is 176 Å². The Balaban J connectivity index is 1.42. The normalized spacial score (nSPS) is 19.1. The molecular weight excluding hydrogens is 378 g/mol. The fraction of sp³-hybridized carbons (Fsp3) is 0.348. The first-order valence-corrected chi connectivity index (χ1v) is 10.2. The fourth-order valence-corrected chi connectivity index (χ4v) is 3.64. The average molecular weight is 408 g/mol. The summed E-state index contributed by atoms with van der Waals surface area (Å²) in [5, 5.41) is 16.3. The van der Waals surface area contributed by atoms with Gasteiger partial charge in [0.15, 0.2) is 0 Å². The first kappa shape index (κ1) is 21.5. The molecule has 1 saturated heterocycles. The van der Waals surface area contributed by atoms with Crippen LogP contribution in [-0.4, -0.2) is 36.3 Å². The van der Waals surface area contributed by atoms with Crippen LogP contribution in [0, 0.1) is 11.3 Å². The summed E-state index contributed by atoms with van der Waals surface area (Å²) in [7, 11) is 0. The van der Waals surface area contributed by atoms with Crippen molar-refractivity contribution in [3.63, 3.8) is 0 Å². The molecule has 1 aliphatic rings. The van der Waals surface area contributed by atoms with Gasteiger partial charge in [-0.2, -0.15) is 0 Å². The number of hydrogen-bond donors (Lipinski definition) is 5. The summed E-state index contributed by atoms with van der Waals surface area (Å²) in [5.41, 5.74) is 8.25. The van der Waals surface area contributed by atoms with E-state index in [1.807, 2.05) is 30.3 Å². The van der Waals surface area contributed by atoms with Crippen LogP contribution in [0.5, 0.6) is 0 Å². The lowest BCUT2D eigenvalue weighted by Crippen LogP contribution is -2.49. The lowest BCUT2D eigenvalue weighted by atomic mass is 9.96. The van der Waals surface area contributed by atoms with Crippen LogP contribution in [-0.2, 0) is 22.6 Å². The maximum absolute atomic E-state index is 12.5. The summed E-state index contributed by atoms with van der Waals surface area (Å²) < 4.78 is 0. The summed E-state index contributed by atoms with van der Waals surface area (Å²) in [6, 6.07) is 16.5. The summed E-state index contributed by atoms with van der Waals surface area (Å²) >= 11 is 0. The van der Waals surface area contributed by atoms with E-state index in [0.717, 1.165) is 24.9 Å². The number of carbonyl (C=O) groups excluding carboxylic acids is 2. The van der Waals surface area contributed by atoms with Crippen molar-refractivity contribution in [1.82, 2.24) is 16.0 Å². The molecule has 1 unspecified atom stereocenters. The van der Waals surface area contributed by atoms with Gasteiger partial charge in [0, 0.05) is 12.1 Å². The zero-order chi connectivity index (χ0) is 21.5. The van der Waals surface area contributed by atoms with Crippen molar-refractivity contribution in [2.45, 2.75) is 38.4 Å². The molecule has 2 amide bonds. The van der Waals surface area contributed by atoms with Crippen molar-refractivity contribution in [1.29, 1.82) is 5.41 Å². The van der Waals surface area contributed by atoms with Crippen molar-refractivity contribution in [3.8, 4) is 0 Å². The zero-order valence-electron chi connectivity index (χ0n) is 17.2. The average Bonchev–Trinajstić information content (AvgIpc) is 3.21. The van der Waals surface area contributed by atoms with Crippen LogP contribution in [0.1, 0.15) is 30.0 Å². The minimum Gasteiger partial charge on any atom is -0.384 e. The molecule has 1 heterocycles. The largest absolute Gasteiger partial charge is 0.384 e. The molecule has 0 aromatic heterocycles. The second kappa shape index (κ2) is 10.0. The van der Waals surface area contributed by atoms with E-state index in [4.69, 9.17) is 11.1 Å².